The summed E-state index contributed by atoms with van der Waals surface area (Å²) < 4.78 is 10.1. The van der Waals surface area contributed by atoms with Crippen molar-refractivity contribution in [3.05, 3.63) is 52.6 Å². The van der Waals surface area contributed by atoms with Crippen LogP contribution in [0.4, 0.5) is 17.1 Å². The van der Waals surface area contributed by atoms with Gasteiger partial charge in [-0.15, -0.1) is 0 Å². The number of rotatable bonds is 5. The van der Waals surface area contributed by atoms with Gasteiger partial charge in [-0.05, 0) is 24.3 Å². The van der Waals surface area contributed by atoms with Gasteiger partial charge in [-0.25, -0.2) is 0 Å². The molecule has 0 fully saturated rings. The molecule has 0 bridgehead atoms. The third-order valence-corrected chi connectivity index (χ3v) is 2.75. The molecule has 0 saturated carbocycles. The van der Waals surface area contributed by atoms with Crippen molar-refractivity contribution in [2.45, 2.75) is 0 Å². The van der Waals surface area contributed by atoms with E-state index < -0.39 is 4.92 Å². The topological polar surface area (TPSA) is 73.6 Å². The fourth-order valence-corrected chi connectivity index (χ4v) is 1.75. The molecule has 0 aliphatic rings. The summed E-state index contributed by atoms with van der Waals surface area (Å²) in [5.41, 5.74) is 1.05. The summed E-state index contributed by atoms with van der Waals surface area (Å²) in [5, 5.41) is 14.1. The SMILES string of the molecule is COc1cccc(Nc2ccc(OC)cc2[N+](=O)[O-])c1. The minimum Gasteiger partial charge on any atom is -0.497 e. The van der Waals surface area contributed by atoms with Crippen LogP contribution in [0.25, 0.3) is 0 Å². The normalized spacial score (nSPS) is 9.90. The number of ether oxygens (including phenoxy) is 2. The van der Waals surface area contributed by atoms with Crippen LogP contribution in [0, 0.1) is 10.1 Å². The van der Waals surface area contributed by atoms with Crippen LogP contribution in [0.15, 0.2) is 42.5 Å². The van der Waals surface area contributed by atoms with E-state index in [2.05, 4.69) is 5.32 Å². The van der Waals surface area contributed by atoms with Gasteiger partial charge in [0.05, 0.1) is 25.2 Å². The van der Waals surface area contributed by atoms with Gasteiger partial charge in [0.25, 0.3) is 5.69 Å². The van der Waals surface area contributed by atoms with Crippen molar-refractivity contribution in [2.75, 3.05) is 19.5 Å². The molecule has 0 aromatic heterocycles. The lowest BCUT2D eigenvalue weighted by molar-refractivity contribution is -0.384. The highest BCUT2D eigenvalue weighted by Gasteiger charge is 2.15. The molecule has 0 saturated heterocycles. The van der Waals surface area contributed by atoms with Gasteiger partial charge in [0.15, 0.2) is 0 Å². The second-order valence-electron chi connectivity index (χ2n) is 4.00. The average molecular weight is 274 g/mol. The number of benzene rings is 2. The lowest BCUT2D eigenvalue weighted by Crippen LogP contribution is -1.98. The van der Waals surface area contributed by atoms with Crippen LogP contribution in [-0.4, -0.2) is 19.1 Å². The first kappa shape index (κ1) is 13.7. The van der Waals surface area contributed by atoms with Crippen molar-refractivity contribution >= 4 is 17.1 Å². The Labute approximate surface area is 116 Å². The zero-order valence-electron chi connectivity index (χ0n) is 11.1. The minimum atomic E-state index is -0.453. The predicted octanol–water partition coefficient (Wildman–Crippen LogP) is 3.36. The minimum absolute atomic E-state index is 0.0489. The molecule has 1 N–H and O–H groups in total. The maximum atomic E-state index is 11.1. The molecule has 2 aromatic carbocycles. The van der Waals surface area contributed by atoms with E-state index in [1.165, 1.54) is 13.2 Å². The van der Waals surface area contributed by atoms with E-state index in [0.717, 1.165) is 0 Å². The van der Waals surface area contributed by atoms with Gasteiger partial charge in [0.1, 0.15) is 17.2 Å². The van der Waals surface area contributed by atoms with E-state index in [9.17, 15) is 10.1 Å². The summed E-state index contributed by atoms with van der Waals surface area (Å²) in [5.74, 6) is 1.11. The molecule has 2 aromatic rings. The van der Waals surface area contributed by atoms with Crippen LogP contribution in [0.5, 0.6) is 11.5 Å². The van der Waals surface area contributed by atoms with E-state index in [1.807, 2.05) is 0 Å². The Hall–Kier alpha value is -2.76. The number of nitro groups is 1. The third kappa shape index (κ3) is 2.97. The maximum Gasteiger partial charge on any atom is 0.296 e. The molecule has 6 nitrogen and oxygen atoms in total. The van der Waals surface area contributed by atoms with Gasteiger partial charge in [0, 0.05) is 11.8 Å². The molecule has 0 radical (unpaired) electrons. The number of nitrogens with one attached hydrogen (secondary N) is 1. The first-order valence-corrected chi connectivity index (χ1v) is 5.87. The monoisotopic (exact) mass is 274 g/mol. The molecular weight excluding hydrogens is 260 g/mol. The van der Waals surface area contributed by atoms with Crippen molar-refractivity contribution in [1.29, 1.82) is 0 Å². The highest BCUT2D eigenvalue weighted by molar-refractivity contribution is 5.71. The highest BCUT2D eigenvalue weighted by Crippen LogP contribution is 2.32. The molecule has 0 spiro atoms. The largest absolute Gasteiger partial charge is 0.497 e. The van der Waals surface area contributed by atoms with Crippen LogP contribution in [0.2, 0.25) is 0 Å². The van der Waals surface area contributed by atoms with Gasteiger partial charge < -0.3 is 14.8 Å². The molecule has 20 heavy (non-hydrogen) atoms. The number of hydrogen-bond donors (Lipinski definition) is 1. The Balaban J connectivity index is 2.34. The summed E-state index contributed by atoms with van der Waals surface area (Å²) in [6.07, 6.45) is 0. The van der Waals surface area contributed by atoms with Crippen LogP contribution >= 0.6 is 0 Å². The molecule has 0 aliphatic carbocycles. The van der Waals surface area contributed by atoms with Gasteiger partial charge >= 0.3 is 0 Å². The van der Waals surface area contributed by atoms with E-state index in [-0.39, 0.29) is 5.69 Å². The summed E-state index contributed by atoms with van der Waals surface area (Å²) in [6, 6.07) is 11.8. The Kier molecular flexibility index (Phi) is 4.05. The molecule has 0 amide bonds. The first-order valence-electron chi connectivity index (χ1n) is 5.87. The van der Waals surface area contributed by atoms with Crippen LogP contribution in [-0.2, 0) is 0 Å². The molecule has 0 atom stereocenters. The van der Waals surface area contributed by atoms with Gasteiger partial charge in [0.2, 0.25) is 0 Å². The fourth-order valence-electron chi connectivity index (χ4n) is 1.75. The average Bonchev–Trinajstić information content (AvgIpc) is 2.47. The third-order valence-electron chi connectivity index (χ3n) is 2.75. The molecule has 6 heteroatoms. The Bertz CT molecular complexity index is 628. The lowest BCUT2D eigenvalue weighted by Gasteiger charge is -2.09. The van der Waals surface area contributed by atoms with Crippen LogP contribution in [0.3, 0.4) is 0 Å². The molecule has 0 heterocycles. The summed E-state index contributed by atoms with van der Waals surface area (Å²) in [6.45, 7) is 0. The Morgan fingerprint density at radius 1 is 1.05 bits per heavy atom. The zero-order valence-corrected chi connectivity index (χ0v) is 11.1. The van der Waals surface area contributed by atoms with Crippen molar-refractivity contribution in [3.8, 4) is 11.5 Å². The fraction of sp³-hybridized carbons (Fsp3) is 0.143. The first-order chi connectivity index (χ1) is 9.63. The second kappa shape index (κ2) is 5.92. The highest BCUT2D eigenvalue weighted by atomic mass is 16.6. The van der Waals surface area contributed by atoms with Gasteiger partial charge in [-0.1, -0.05) is 6.07 Å². The van der Waals surface area contributed by atoms with Crippen LogP contribution < -0.4 is 14.8 Å². The van der Waals surface area contributed by atoms with E-state index in [0.29, 0.717) is 22.9 Å². The lowest BCUT2D eigenvalue weighted by atomic mass is 10.2. The molecule has 0 unspecified atom stereocenters. The molecule has 2 rings (SSSR count). The van der Waals surface area contributed by atoms with Gasteiger partial charge in [-0.3, -0.25) is 10.1 Å². The summed E-state index contributed by atoms with van der Waals surface area (Å²) in [7, 11) is 3.03. The standard InChI is InChI=1S/C14H14N2O4/c1-19-11-5-3-4-10(8-11)15-13-7-6-12(20-2)9-14(13)16(17)18/h3-9,15H,1-2H3. The number of nitro benzene ring substituents is 1. The van der Waals surface area contributed by atoms with Crippen LogP contribution in [0.1, 0.15) is 0 Å². The number of nitrogens with zero attached hydrogens (tertiary/aromatic N) is 1. The Morgan fingerprint density at radius 2 is 1.75 bits per heavy atom. The Morgan fingerprint density at radius 3 is 2.40 bits per heavy atom. The second-order valence-corrected chi connectivity index (χ2v) is 4.00. The smallest absolute Gasteiger partial charge is 0.296 e. The van der Waals surface area contributed by atoms with Crippen molar-refractivity contribution in [3.63, 3.8) is 0 Å². The van der Waals surface area contributed by atoms with E-state index in [4.69, 9.17) is 9.47 Å². The van der Waals surface area contributed by atoms with Crippen molar-refractivity contribution in [1.82, 2.24) is 0 Å². The van der Waals surface area contributed by atoms with Gasteiger partial charge in [-0.2, -0.15) is 0 Å². The number of methoxy groups -OCH3 is 2. The number of hydrogen-bond acceptors (Lipinski definition) is 5. The zero-order chi connectivity index (χ0) is 14.5. The summed E-state index contributed by atoms with van der Waals surface area (Å²) in [4.78, 5) is 10.6. The molecule has 0 aliphatic heterocycles. The molecular formula is C14H14N2O4. The van der Waals surface area contributed by atoms with Crippen molar-refractivity contribution < 1.29 is 14.4 Å². The summed E-state index contributed by atoms with van der Waals surface area (Å²) >= 11 is 0. The van der Waals surface area contributed by atoms with Crippen molar-refractivity contribution in [2.24, 2.45) is 0 Å². The molecule has 104 valence electrons. The predicted molar refractivity (Wildman–Crippen MR) is 75.9 cm³/mol. The quantitative estimate of drug-likeness (QED) is 0.668. The maximum absolute atomic E-state index is 11.1. The number of anilines is 2. The van der Waals surface area contributed by atoms with E-state index in [1.54, 1.807) is 43.5 Å². The van der Waals surface area contributed by atoms with E-state index >= 15 is 0 Å².